The van der Waals surface area contributed by atoms with Crippen molar-refractivity contribution in [3.8, 4) is 0 Å². The van der Waals surface area contributed by atoms with Gasteiger partial charge in [0, 0.05) is 39.4 Å². The number of piperidine rings is 1. The van der Waals surface area contributed by atoms with Gasteiger partial charge >= 0.3 is 5.97 Å². The fourth-order valence-corrected chi connectivity index (χ4v) is 4.10. The first-order valence-corrected chi connectivity index (χ1v) is 10.3. The topological polar surface area (TPSA) is 114 Å². The highest BCUT2D eigenvalue weighted by molar-refractivity contribution is 6.26. The number of carbonyl (C=O) groups excluding carboxylic acids is 1. The van der Waals surface area contributed by atoms with Gasteiger partial charge in [-0.3, -0.25) is 9.59 Å². The van der Waals surface area contributed by atoms with Crippen LogP contribution < -0.4 is 11.1 Å². The number of unbranched alkanes of at least 4 members (excludes halogenated alkanes) is 2. The average Bonchev–Trinajstić information content (AvgIpc) is 2.68. The van der Waals surface area contributed by atoms with E-state index >= 15 is 0 Å². The molecule has 1 amide bonds. The smallest absolute Gasteiger partial charge is 0.303 e. The number of allylic oxidation sites excluding steroid dienone is 1. The van der Waals surface area contributed by atoms with E-state index in [2.05, 4.69) is 10.2 Å². The molecule has 0 bridgehead atoms. The van der Waals surface area contributed by atoms with Gasteiger partial charge in [-0.25, -0.2) is 0 Å². The van der Waals surface area contributed by atoms with Crippen molar-refractivity contribution in [1.82, 2.24) is 10.2 Å². The van der Waals surface area contributed by atoms with E-state index in [-0.39, 0.29) is 24.5 Å². The lowest BCUT2D eigenvalue weighted by molar-refractivity contribution is -0.137. The fraction of sp³-hybridized carbons (Fsp3) is 0.700. The van der Waals surface area contributed by atoms with Gasteiger partial charge in [0.2, 0.25) is 5.91 Å². The van der Waals surface area contributed by atoms with Crippen LogP contribution in [0.15, 0.2) is 23.9 Å². The van der Waals surface area contributed by atoms with Gasteiger partial charge in [-0.1, -0.05) is 24.1 Å². The Labute approximate surface area is 177 Å². The monoisotopic (exact) mass is 429 g/mol. The molecule has 1 saturated heterocycles. The molecule has 2 aliphatic rings. The molecule has 8 nitrogen and oxygen atoms in total. The molecule has 1 heterocycles. The number of nitrogens with zero attached hydrogens (tertiary/aromatic N) is 1. The Balaban J connectivity index is 1.85. The number of nitrogens with two attached hydrogens (primary N) is 1. The summed E-state index contributed by atoms with van der Waals surface area (Å²) in [5, 5.41) is 10.5. The molecule has 9 heteroatoms. The van der Waals surface area contributed by atoms with Gasteiger partial charge in [0.1, 0.15) is 5.92 Å². The van der Waals surface area contributed by atoms with Gasteiger partial charge in [0.05, 0.1) is 12.1 Å². The number of hydrogen-bond acceptors (Lipinski definition) is 6. The van der Waals surface area contributed by atoms with Gasteiger partial charge in [-0.15, -0.1) is 0 Å². The van der Waals surface area contributed by atoms with Crippen LogP contribution in [0.25, 0.3) is 0 Å². The zero-order valence-corrected chi connectivity index (χ0v) is 17.9. The standard InChI is InChI=1S/C20H32ClN3O5/c1-28-17-13-24(10-5-3-4-6-18(25)26)11-9-16(17)23-19(27)15-8-7-14(22)12-20(15,21)29-2/h7-8,12,15-17H,3-6,9-11,13,22H2,1-2H3,(H,23,27)(H,25,26)/t15?,16-,17+,20?/m1/s1. The summed E-state index contributed by atoms with van der Waals surface area (Å²) in [6.07, 6.45) is 8.24. The Bertz CT molecular complexity index is 642. The molecule has 164 valence electrons. The van der Waals surface area contributed by atoms with Crippen LogP contribution in [0.1, 0.15) is 32.1 Å². The summed E-state index contributed by atoms with van der Waals surface area (Å²) in [6.45, 7) is 2.45. The number of nitrogens with one attached hydrogen (secondary N) is 1. The first-order chi connectivity index (χ1) is 13.8. The third kappa shape index (κ3) is 6.70. The van der Waals surface area contributed by atoms with Gasteiger partial charge in [0.15, 0.2) is 5.06 Å². The Kier molecular flexibility index (Phi) is 8.95. The Morgan fingerprint density at radius 2 is 2.14 bits per heavy atom. The Morgan fingerprint density at radius 1 is 1.38 bits per heavy atom. The van der Waals surface area contributed by atoms with Gasteiger partial charge in [0.25, 0.3) is 0 Å². The number of carbonyl (C=O) groups is 2. The summed E-state index contributed by atoms with van der Waals surface area (Å²) >= 11 is 6.46. The molecule has 0 aromatic carbocycles. The summed E-state index contributed by atoms with van der Waals surface area (Å²) in [6, 6.07) is -0.120. The molecule has 0 radical (unpaired) electrons. The molecule has 4 N–H and O–H groups in total. The van der Waals surface area contributed by atoms with E-state index in [0.717, 1.165) is 32.4 Å². The molecule has 1 fully saturated rings. The molecule has 0 spiro atoms. The second-order valence-corrected chi connectivity index (χ2v) is 8.16. The molecule has 0 aromatic heterocycles. The molecular formula is C20H32ClN3O5. The van der Waals surface area contributed by atoms with Crippen LogP contribution in [0.2, 0.25) is 0 Å². The van der Waals surface area contributed by atoms with Crippen molar-refractivity contribution in [3.63, 3.8) is 0 Å². The molecule has 29 heavy (non-hydrogen) atoms. The number of halogens is 1. The van der Waals surface area contributed by atoms with Crippen molar-refractivity contribution >= 4 is 23.5 Å². The predicted octanol–water partition coefficient (Wildman–Crippen LogP) is 1.45. The highest BCUT2D eigenvalue weighted by atomic mass is 35.5. The minimum atomic E-state index is -1.30. The first-order valence-electron chi connectivity index (χ1n) is 9.97. The second kappa shape index (κ2) is 11.0. The lowest BCUT2D eigenvalue weighted by atomic mass is 9.93. The fourth-order valence-electron chi connectivity index (χ4n) is 3.80. The van der Waals surface area contributed by atoms with Crippen LogP contribution in [-0.2, 0) is 19.1 Å². The van der Waals surface area contributed by atoms with Crippen LogP contribution in [0, 0.1) is 5.92 Å². The largest absolute Gasteiger partial charge is 0.481 e. The summed E-state index contributed by atoms with van der Waals surface area (Å²) in [5.74, 6) is -1.66. The second-order valence-electron chi connectivity index (χ2n) is 7.57. The number of likely N-dealkylation sites (tertiary alicyclic amines) is 1. The van der Waals surface area contributed by atoms with E-state index in [1.165, 1.54) is 7.11 Å². The Hall–Kier alpha value is -1.61. The number of aliphatic carboxylic acids is 1. The number of ether oxygens (including phenoxy) is 2. The van der Waals surface area contributed by atoms with Gasteiger partial charge in [-0.05, 0) is 38.0 Å². The van der Waals surface area contributed by atoms with Crippen molar-refractivity contribution < 1.29 is 24.2 Å². The average molecular weight is 430 g/mol. The van der Waals surface area contributed by atoms with Crippen LogP contribution in [0.4, 0.5) is 0 Å². The van der Waals surface area contributed by atoms with E-state index in [1.807, 2.05) is 0 Å². The lowest BCUT2D eigenvalue weighted by Gasteiger charge is -2.39. The summed E-state index contributed by atoms with van der Waals surface area (Å²) in [7, 11) is 3.09. The van der Waals surface area contributed by atoms with Crippen molar-refractivity contribution in [3.05, 3.63) is 23.9 Å². The third-order valence-electron chi connectivity index (χ3n) is 5.50. The highest BCUT2D eigenvalue weighted by Gasteiger charge is 2.42. The molecule has 0 aromatic rings. The lowest BCUT2D eigenvalue weighted by Crippen LogP contribution is -2.57. The minimum Gasteiger partial charge on any atom is -0.481 e. The zero-order chi connectivity index (χ0) is 21.4. The van der Waals surface area contributed by atoms with E-state index in [1.54, 1.807) is 25.3 Å². The van der Waals surface area contributed by atoms with Gasteiger partial charge < -0.3 is 30.5 Å². The number of carboxylic acids is 1. The maximum absolute atomic E-state index is 12.9. The number of amides is 1. The van der Waals surface area contributed by atoms with Crippen molar-refractivity contribution in [1.29, 1.82) is 0 Å². The summed E-state index contributed by atoms with van der Waals surface area (Å²) < 4.78 is 11.0. The first kappa shape index (κ1) is 23.7. The number of carboxylic acid groups (broad SMARTS) is 1. The maximum Gasteiger partial charge on any atom is 0.303 e. The molecule has 1 aliphatic heterocycles. The Morgan fingerprint density at radius 3 is 2.79 bits per heavy atom. The van der Waals surface area contributed by atoms with Crippen LogP contribution in [0.3, 0.4) is 0 Å². The minimum absolute atomic E-state index is 0.120. The summed E-state index contributed by atoms with van der Waals surface area (Å²) in [5.41, 5.74) is 6.24. The molecule has 0 saturated carbocycles. The predicted molar refractivity (Wildman–Crippen MR) is 110 cm³/mol. The normalized spacial score (nSPS) is 30.0. The van der Waals surface area contributed by atoms with E-state index in [9.17, 15) is 9.59 Å². The van der Waals surface area contributed by atoms with Crippen molar-refractivity contribution in [2.45, 2.75) is 49.3 Å². The van der Waals surface area contributed by atoms with E-state index in [0.29, 0.717) is 18.7 Å². The molecule has 2 unspecified atom stereocenters. The number of hydrogen-bond donors (Lipinski definition) is 3. The number of methoxy groups -OCH3 is 2. The zero-order valence-electron chi connectivity index (χ0n) is 17.1. The number of rotatable bonds is 10. The van der Waals surface area contributed by atoms with Crippen LogP contribution in [0.5, 0.6) is 0 Å². The van der Waals surface area contributed by atoms with Crippen LogP contribution >= 0.6 is 11.6 Å². The molecule has 4 atom stereocenters. The maximum atomic E-state index is 12.9. The van der Waals surface area contributed by atoms with Crippen LogP contribution in [-0.4, -0.2) is 72.9 Å². The summed E-state index contributed by atoms with van der Waals surface area (Å²) in [4.78, 5) is 25.7. The van der Waals surface area contributed by atoms with E-state index < -0.39 is 16.9 Å². The van der Waals surface area contributed by atoms with Gasteiger partial charge in [-0.2, -0.15) is 0 Å². The van der Waals surface area contributed by atoms with Crippen molar-refractivity contribution in [2.75, 3.05) is 33.9 Å². The number of alkyl halides is 1. The van der Waals surface area contributed by atoms with Crippen molar-refractivity contribution in [2.24, 2.45) is 11.7 Å². The quantitative estimate of drug-likeness (QED) is 0.355. The third-order valence-corrected chi connectivity index (χ3v) is 6.00. The SMILES string of the molecule is CO[C@H]1CN(CCCCCC(=O)O)CC[C@H]1NC(=O)C1C=CC(N)=CC1(Cl)OC. The molecule has 2 rings (SSSR count). The van der Waals surface area contributed by atoms with E-state index in [4.69, 9.17) is 31.9 Å². The highest BCUT2D eigenvalue weighted by Crippen LogP contribution is 2.34. The molecular weight excluding hydrogens is 398 g/mol. The molecule has 1 aliphatic carbocycles.